The lowest BCUT2D eigenvalue weighted by Crippen LogP contribution is -2.19. The molecule has 1 aliphatic rings. The number of benzene rings is 2. The first kappa shape index (κ1) is 20.8. The molecule has 2 aromatic carbocycles. The van der Waals surface area contributed by atoms with Crippen molar-refractivity contribution in [2.75, 3.05) is 0 Å². The fraction of sp³-hybridized carbons (Fsp3) is 0.320. The van der Waals surface area contributed by atoms with Crippen molar-refractivity contribution >= 4 is 11.9 Å². The molecule has 0 amide bonds. The maximum Gasteiger partial charge on any atom is 0.317 e. The Bertz CT molecular complexity index is 1070. The van der Waals surface area contributed by atoms with Crippen molar-refractivity contribution in [2.24, 2.45) is 0 Å². The Hall–Kier alpha value is -3.41. The van der Waals surface area contributed by atoms with Crippen molar-refractivity contribution in [3.05, 3.63) is 65.9 Å². The normalized spacial score (nSPS) is 13.5. The van der Waals surface area contributed by atoms with Crippen molar-refractivity contribution < 1.29 is 19.1 Å². The highest BCUT2D eigenvalue weighted by Crippen LogP contribution is 2.38. The van der Waals surface area contributed by atoms with Crippen LogP contribution in [-0.2, 0) is 22.4 Å². The SMILES string of the molecule is CCc1c(CC(=O)Oc2ccccc2)nn(C2CCC2)c1-c1ccc(OC(C)=O)cc1. The van der Waals surface area contributed by atoms with E-state index >= 15 is 0 Å². The zero-order valence-electron chi connectivity index (χ0n) is 17.8. The molecule has 1 aliphatic carbocycles. The monoisotopic (exact) mass is 418 g/mol. The summed E-state index contributed by atoms with van der Waals surface area (Å²) in [6, 6.07) is 16.9. The van der Waals surface area contributed by atoms with Crippen LogP contribution in [0.4, 0.5) is 0 Å². The molecule has 6 nitrogen and oxygen atoms in total. The van der Waals surface area contributed by atoms with Gasteiger partial charge in [0.25, 0.3) is 0 Å². The van der Waals surface area contributed by atoms with Crippen molar-refractivity contribution in [3.8, 4) is 22.8 Å². The highest BCUT2D eigenvalue weighted by molar-refractivity contribution is 5.77. The van der Waals surface area contributed by atoms with Crippen molar-refractivity contribution in [1.82, 2.24) is 9.78 Å². The van der Waals surface area contributed by atoms with E-state index in [2.05, 4.69) is 11.6 Å². The second-order valence-electron chi connectivity index (χ2n) is 7.74. The molecule has 3 aromatic rings. The predicted molar refractivity (Wildman–Crippen MR) is 117 cm³/mol. The summed E-state index contributed by atoms with van der Waals surface area (Å²) in [5, 5.41) is 4.86. The van der Waals surface area contributed by atoms with E-state index in [1.165, 1.54) is 13.3 Å². The molecule has 1 heterocycles. The number of hydrogen-bond donors (Lipinski definition) is 0. The molecule has 0 aliphatic heterocycles. The molecule has 0 atom stereocenters. The summed E-state index contributed by atoms with van der Waals surface area (Å²) in [6.45, 7) is 3.46. The average Bonchev–Trinajstić information content (AvgIpc) is 3.04. The molecule has 4 rings (SSSR count). The Morgan fingerprint density at radius 1 is 1.00 bits per heavy atom. The van der Waals surface area contributed by atoms with E-state index in [0.29, 0.717) is 17.5 Å². The van der Waals surface area contributed by atoms with Crippen molar-refractivity contribution in [1.29, 1.82) is 0 Å². The number of ether oxygens (including phenoxy) is 2. The highest BCUT2D eigenvalue weighted by atomic mass is 16.5. The van der Waals surface area contributed by atoms with E-state index in [0.717, 1.165) is 41.8 Å². The summed E-state index contributed by atoms with van der Waals surface area (Å²) in [7, 11) is 0. The van der Waals surface area contributed by atoms with Crippen LogP contribution in [0.25, 0.3) is 11.3 Å². The number of rotatable bonds is 7. The van der Waals surface area contributed by atoms with Gasteiger partial charge in [0.05, 0.1) is 23.9 Å². The fourth-order valence-electron chi connectivity index (χ4n) is 3.87. The number of carbonyl (C=O) groups excluding carboxylic acids is 2. The van der Waals surface area contributed by atoms with E-state index in [1.54, 1.807) is 24.3 Å². The Kier molecular flexibility index (Phi) is 6.16. The van der Waals surface area contributed by atoms with Gasteiger partial charge in [-0.1, -0.05) is 25.1 Å². The molecule has 0 saturated heterocycles. The van der Waals surface area contributed by atoms with Crippen LogP contribution in [0.5, 0.6) is 11.5 Å². The van der Waals surface area contributed by atoms with Crippen LogP contribution in [0.3, 0.4) is 0 Å². The van der Waals surface area contributed by atoms with Crippen LogP contribution in [0, 0.1) is 0 Å². The van der Waals surface area contributed by atoms with Crippen LogP contribution in [-0.4, -0.2) is 21.7 Å². The molecule has 0 radical (unpaired) electrons. The number of esters is 2. The zero-order chi connectivity index (χ0) is 21.8. The summed E-state index contributed by atoms with van der Waals surface area (Å²) in [5.41, 5.74) is 3.84. The minimum atomic E-state index is -0.347. The predicted octanol–water partition coefficient (Wildman–Crippen LogP) is 4.91. The van der Waals surface area contributed by atoms with Gasteiger partial charge in [0.15, 0.2) is 0 Å². The topological polar surface area (TPSA) is 70.4 Å². The average molecular weight is 418 g/mol. The molecule has 1 aromatic heterocycles. The van der Waals surface area contributed by atoms with Crippen LogP contribution in [0.15, 0.2) is 54.6 Å². The number of para-hydroxylation sites is 1. The van der Waals surface area contributed by atoms with Gasteiger partial charge >= 0.3 is 11.9 Å². The van der Waals surface area contributed by atoms with Crippen molar-refractivity contribution in [2.45, 2.75) is 52.0 Å². The first-order valence-electron chi connectivity index (χ1n) is 10.7. The third-order valence-electron chi connectivity index (χ3n) is 5.54. The molecule has 1 saturated carbocycles. The van der Waals surface area contributed by atoms with E-state index < -0.39 is 0 Å². The first-order valence-corrected chi connectivity index (χ1v) is 10.7. The van der Waals surface area contributed by atoms with Crippen LogP contribution < -0.4 is 9.47 Å². The zero-order valence-corrected chi connectivity index (χ0v) is 17.8. The maximum atomic E-state index is 12.6. The molecule has 0 N–H and O–H groups in total. The molecule has 160 valence electrons. The van der Waals surface area contributed by atoms with E-state index in [4.69, 9.17) is 14.6 Å². The minimum absolute atomic E-state index is 0.121. The summed E-state index contributed by atoms with van der Waals surface area (Å²) in [5.74, 6) is 0.373. The summed E-state index contributed by atoms with van der Waals surface area (Å²) >= 11 is 0. The quantitative estimate of drug-likeness (QED) is 0.403. The van der Waals surface area contributed by atoms with Gasteiger partial charge in [-0.2, -0.15) is 5.10 Å². The third-order valence-corrected chi connectivity index (χ3v) is 5.54. The minimum Gasteiger partial charge on any atom is -0.427 e. The molecule has 6 heteroatoms. The van der Waals surface area contributed by atoms with Gasteiger partial charge in [0, 0.05) is 18.1 Å². The van der Waals surface area contributed by atoms with Crippen molar-refractivity contribution in [3.63, 3.8) is 0 Å². The van der Waals surface area contributed by atoms with Gasteiger partial charge in [-0.25, -0.2) is 0 Å². The number of aromatic nitrogens is 2. The molecule has 1 fully saturated rings. The Balaban J connectivity index is 1.65. The smallest absolute Gasteiger partial charge is 0.317 e. The standard InChI is InChI=1S/C25H26N2O4/c1-3-22-23(16-24(29)31-20-10-5-4-6-11-20)26-27(19-8-7-9-19)25(22)18-12-14-21(15-13-18)30-17(2)28/h4-6,10-15,19H,3,7-9,16H2,1-2H3. The molecule has 0 bridgehead atoms. The second-order valence-corrected chi connectivity index (χ2v) is 7.74. The first-order chi connectivity index (χ1) is 15.0. The van der Waals surface area contributed by atoms with Crippen LogP contribution in [0.2, 0.25) is 0 Å². The van der Waals surface area contributed by atoms with E-state index in [9.17, 15) is 9.59 Å². The summed E-state index contributed by atoms with van der Waals surface area (Å²) in [6.07, 6.45) is 4.22. The lowest BCUT2D eigenvalue weighted by atomic mass is 9.92. The summed E-state index contributed by atoms with van der Waals surface area (Å²) < 4.78 is 12.7. The molecular formula is C25H26N2O4. The van der Waals surface area contributed by atoms with Gasteiger partial charge in [0.2, 0.25) is 0 Å². The number of hydrogen-bond acceptors (Lipinski definition) is 5. The molecule has 0 unspecified atom stereocenters. The number of nitrogens with zero attached hydrogens (tertiary/aromatic N) is 2. The van der Waals surface area contributed by atoms with E-state index in [1.807, 2.05) is 30.3 Å². The Morgan fingerprint density at radius 3 is 2.26 bits per heavy atom. The van der Waals surface area contributed by atoms with Gasteiger partial charge in [-0.3, -0.25) is 14.3 Å². The number of carbonyl (C=O) groups is 2. The fourth-order valence-corrected chi connectivity index (χ4v) is 3.87. The van der Waals surface area contributed by atoms with Gasteiger partial charge in [-0.05, 0) is 62.1 Å². The second kappa shape index (κ2) is 9.16. The van der Waals surface area contributed by atoms with Crippen LogP contribution in [0.1, 0.15) is 50.4 Å². The van der Waals surface area contributed by atoms with Crippen LogP contribution >= 0.6 is 0 Å². The largest absolute Gasteiger partial charge is 0.427 e. The van der Waals surface area contributed by atoms with Gasteiger partial charge in [-0.15, -0.1) is 0 Å². The van der Waals surface area contributed by atoms with Gasteiger partial charge in [0.1, 0.15) is 11.5 Å². The molecular weight excluding hydrogens is 392 g/mol. The van der Waals surface area contributed by atoms with Gasteiger partial charge < -0.3 is 9.47 Å². The van der Waals surface area contributed by atoms with E-state index in [-0.39, 0.29) is 18.4 Å². The molecule has 0 spiro atoms. The lowest BCUT2D eigenvalue weighted by Gasteiger charge is -2.28. The maximum absolute atomic E-state index is 12.6. The Labute approximate surface area is 181 Å². The Morgan fingerprint density at radius 2 is 1.68 bits per heavy atom. The summed E-state index contributed by atoms with van der Waals surface area (Å²) in [4.78, 5) is 23.8. The lowest BCUT2D eigenvalue weighted by molar-refractivity contribution is -0.134. The highest BCUT2D eigenvalue weighted by Gasteiger charge is 2.28. The molecule has 31 heavy (non-hydrogen) atoms. The third kappa shape index (κ3) is 4.68.